The fourth-order valence-corrected chi connectivity index (χ4v) is 5.20. The van der Waals surface area contributed by atoms with Gasteiger partial charge < -0.3 is 25.1 Å². The van der Waals surface area contributed by atoms with Crippen LogP contribution >= 0.6 is 0 Å². The number of amides is 1. The summed E-state index contributed by atoms with van der Waals surface area (Å²) in [5, 5.41) is 3.20. The molecule has 38 heavy (non-hydrogen) atoms. The highest BCUT2D eigenvalue weighted by Gasteiger charge is 2.36. The number of rotatable bonds is 6. The van der Waals surface area contributed by atoms with Crippen molar-refractivity contribution in [2.75, 3.05) is 20.7 Å². The number of fused-ring (bicyclic) bond motifs is 2. The van der Waals surface area contributed by atoms with Gasteiger partial charge in [0.2, 0.25) is 5.89 Å². The highest BCUT2D eigenvalue weighted by atomic mass is 19.4. The lowest BCUT2D eigenvalue weighted by molar-refractivity contribution is -0.140. The van der Waals surface area contributed by atoms with E-state index in [1.807, 2.05) is 7.05 Å². The zero-order chi connectivity index (χ0) is 27.2. The molecule has 2 aromatic heterocycles. The molecule has 0 saturated heterocycles. The van der Waals surface area contributed by atoms with Crippen LogP contribution in [-0.2, 0) is 6.18 Å². The molecule has 0 bridgehead atoms. The number of likely N-dealkylation sites (N-methyl/N-ethyl adjacent to an activating group) is 1. The summed E-state index contributed by atoms with van der Waals surface area (Å²) in [6.07, 6.45) is -0.166. The van der Waals surface area contributed by atoms with Crippen LogP contribution in [0.2, 0.25) is 0 Å². The van der Waals surface area contributed by atoms with Crippen molar-refractivity contribution >= 4 is 22.6 Å². The number of pyridine rings is 1. The number of halogens is 3. The Kier molecular flexibility index (Phi) is 6.76. The largest absolute Gasteiger partial charge is 0.494 e. The van der Waals surface area contributed by atoms with Crippen molar-refractivity contribution in [2.24, 2.45) is 10.7 Å². The minimum Gasteiger partial charge on any atom is -0.494 e. The molecule has 3 heterocycles. The summed E-state index contributed by atoms with van der Waals surface area (Å²) in [4.78, 5) is 28.3. The Morgan fingerprint density at radius 3 is 2.68 bits per heavy atom. The monoisotopic (exact) mass is 530 g/mol. The normalized spacial score (nSPS) is 20.3. The molecular weight excluding hydrogens is 501 g/mol. The maximum atomic E-state index is 13.3. The van der Waals surface area contributed by atoms with Crippen LogP contribution in [0.5, 0.6) is 5.75 Å². The number of oxazole rings is 1. The van der Waals surface area contributed by atoms with Gasteiger partial charge in [-0.15, -0.1) is 0 Å². The van der Waals surface area contributed by atoms with Crippen LogP contribution in [0, 0.1) is 0 Å². The molecular formula is C26H29F3N6O3. The summed E-state index contributed by atoms with van der Waals surface area (Å²) >= 11 is 0. The topological polar surface area (TPSA) is 119 Å². The highest BCUT2D eigenvalue weighted by molar-refractivity contribution is 5.99. The molecule has 1 amide bonds. The molecule has 1 saturated carbocycles. The molecule has 1 fully saturated rings. The third-order valence-corrected chi connectivity index (χ3v) is 7.16. The number of hydrogen-bond donors (Lipinski definition) is 2. The van der Waals surface area contributed by atoms with Gasteiger partial charge in [-0.05, 0) is 44.0 Å². The average molecular weight is 531 g/mol. The van der Waals surface area contributed by atoms with E-state index in [9.17, 15) is 18.0 Å². The van der Waals surface area contributed by atoms with Gasteiger partial charge in [-0.25, -0.2) is 9.97 Å². The lowest BCUT2D eigenvalue weighted by atomic mass is 9.91. The first-order valence-electron chi connectivity index (χ1n) is 12.5. The van der Waals surface area contributed by atoms with Crippen LogP contribution in [0.3, 0.4) is 0 Å². The Hall–Kier alpha value is -3.67. The summed E-state index contributed by atoms with van der Waals surface area (Å²) in [5.74, 6) is 0.700. The van der Waals surface area contributed by atoms with Crippen LogP contribution in [0.25, 0.3) is 22.4 Å². The number of ether oxygens (including phenoxy) is 1. The molecule has 3 aromatic rings. The van der Waals surface area contributed by atoms with Gasteiger partial charge >= 0.3 is 6.18 Å². The van der Waals surface area contributed by atoms with Gasteiger partial charge in [0.25, 0.3) is 5.91 Å². The number of hydrogen-bond acceptors (Lipinski definition) is 8. The Morgan fingerprint density at radius 2 is 2.00 bits per heavy atom. The summed E-state index contributed by atoms with van der Waals surface area (Å²) in [5.41, 5.74) is 5.40. The molecule has 12 heteroatoms. The predicted octanol–water partition coefficient (Wildman–Crippen LogP) is 4.32. The fraction of sp³-hybridized carbons (Fsp3) is 0.462. The van der Waals surface area contributed by atoms with E-state index >= 15 is 0 Å². The maximum Gasteiger partial charge on any atom is 0.433 e. The molecule has 1 aliphatic carbocycles. The van der Waals surface area contributed by atoms with E-state index < -0.39 is 23.8 Å². The lowest BCUT2D eigenvalue weighted by Crippen LogP contribution is -2.42. The number of aromatic nitrogens is 2. The number of alkyl halides is 3. The Morgan fingerprint density at radius 1 is 1.24 bits per heavy atom. The quantitative estimate of drug-likeness (QED) is 0.487. The first-order chi connectivity index (χ1) is 18.1. The Bertz CT molecular complexity index is 1400. The molecule has 0 radical (unpaired) electrons. The standard InChI is InChI=1S/C26H29F3N6O3/c1-13(30)23-22(24(36)31-12-20-32-16-6-4-5-7-17(16)35(20)2)34-25(38-23)15-8-10-18(37-3)21-14(15)9-11-19(33-21)26(27,28)29/h8-11,13,16-17H,4-7,12,30H2,1-3H3,(H,31,36)/t13-,16-,17?/m0/s1. The van der Waals surface area contributed by atoms with Crippen molar-refractivity contribution in [3.8, 4) is 17.2 Å². The summed E-state index contributed by atoms with van der Waals surface area (Å²) in [6, 6.07) is 5.20. The number of methoxy groups -OCH3 is 1. The number of aliphatic imine (C=N–C) groups is 1. The van der Waals surface area contributed by atoms with Crippen LogP contribution in [0.4, 0.5) is 13.2 Å². The summed E-state index contributed by atoms with van der Waals surface area (Å²) in [7, 11) is 3.34. The van der Waals surface area contributed by atoms with E-state index in [2.05, 4.69) is 20.2 Å². The molecule has 1 aliphatic heterocycles. The smallest absolute Gasteiger partial charge is 0.433 e. The van der Waals surface area contributed by atoms with Crippen molar-refractivity contribution in [1.82, 2.24) is 20.2 Å². The first-order valence-corrected chi connectivity index (χ1v) is 12.5. The predicted molar refractivity (Wildman–Crippen MR) is 135 cm³/mol. The second-order valence-corrected chi connectivity index (χ2v) is 9.68. The minimum absolute atomic E-state index is 0.00452. The second kappa shape index (κ2) is 9.90. The number of amidine groups is 1. The second-order valence-electron chi connectivity index (χ2n) is 9.68. The van der Waals surface area contributed by atoms with Crippen LogP contribution < -0.4 is 15.8 Å². The van der Waals surface area contributed by atoms with Gasteiger partial charge in [0.05, 0.1) is 31.8 Å². The van der Waals surface area contributed by atoms with Gasteiger partial charge in [-0.3, -0.25) is 9.79 Å². The Balaban J connectivity index is 1.46. The van der Waals surface area contributed by atoms with E-state index in [0.29, 0.717) is 17.0 Å². The average Bonchev–Trinajstić information content (AvgIpc) is 3.48. The Labute approximate surface area is 217 Å². The van der Waals surface area contributed by atoms with Crippen LogP contribution in [0.15, 0.2) is 33.7 Å². The zero-order valence-corrected chi connectivity index (χ0v) is 21.3. The van der Waals surface area contributed by atoms with Crippen molar-refractivity contribution in [3.05, 3.63) is 41.4 Å². The third-order valence-electron chi connectivity index (χ3n) is 7.16. The number of nitrogens with zero attached hydrogens (tertiary/aromatic N) is 4. The molecule has 1 aromatic carbocycles. The van der Waals surface area contributed by atoms with Gasteiger partial charge in [0, 0.05) is 18.0 Å². The number of nitrogens with two attached hydrogens (primary N) is 1. The first kappa shape index (κ1) is 26.0. The fourth-order valence-electron chi connectivity index (χ4n) is 5.20. The SMILES string of the molecule is COc1ccc(-c2nc(C(=O)NCC3=N[C@H]4CCCCC4N3C)c([C@H](C)N)o2)c2ccc(C(F)(F)F)nc12. The van der Waals surface area contributed by atoms with E-state index in [4.69, 9.17) is 19.9 Å². The summed E-state index contributed by atoms with van der Waals surface area (Å²) in [6.45, 7) is 1.89. The van der Waals surface area contributed by atoms with Crippen molar-refractivity contribution in [2.45, 2.75) is 56.9 Å². The van der Waals surface area contributed by atoms with Gasteiger partial charge in [0.1, 0.15) is 22.8 Å². The number of nitrogens with one attached hydrogen (secondary N) is 1. The molecule has 3 N–H and O–H groups in total. The van der Waals surface area contributed by atoms with Crippen LogP contribution in [-0.4, -0.2) is 59.4 Å². The third kappa shape index (κ3) is 4.68. The van der Waals surface area contributed by atoms with E-state index in [1.165, 1.54) is 25.7 Å². The van der Waals surface area contributed by atoms with Gasteiger partial charge in [-0.1, -0.05) is 12.8 Å². The molecule has 9 nitrogen and oxygen atoms in total. The van der Waals surface area contributed by atoms with Crippen LogP contribution in [0.1, 0.15) is 60.6 Å². The number of carbonyl (C=O) groups is 1. The van der Waals surface area contributed by atoms with Crippen molar-refractivity contribution in [1.29, 1.82) is 0 Å². The lowest BCUT2D eigenvalue weighted by Gasteiger charge is -2.30. The van der Waals surface area contributed by atoms with Gasteiger partial charge in [0.15, 0.2) is 11.5 Å². The molecule has 2 aliphatic rings. The minimum atomic E-state index is -4.62. The molecule has 0 spiro atoms. The molecule has 202 valence electrons. The van der Waals surface area contributed by atoms with Crippen molar-refractivity contribution < 1.29 is 27.1 Å². The van der Waals surface area contributed by atoms with E-state index in [-0.39, 0.29) is 41.2 Å². The maximum absolute atomic E-state index is 13.3. The molecule has 3 atom stereocenters. The number of benzene rings is 1. The zero-order valence-electron chi connectivity index (χ0n) is 21.3. The summed E-state index contributed by atoms with van der Waals surface area (Å²) < 4.78 is 51.0. The van der Waals surface area contributed by atoms with Crippen molar-refractivity contribution in [3.63, 3.8) is 0 Å². The van der Waals surface area contributed by atoms with E-state index in [1.54, 1.807) is 13.0 Å². The van der Waals surface area contributed by atoms with E-state index in [0.717, 1.165) is 31.2 Å². The van der Waals surface area contributed by atoms with Gasteiger partial charge in [-0.2, -0.15) is 13.2 Å². The molecule has 1 unspecified atom stereocenters. The number of carbonyl (C=O) groups excluding carboxylic acids is 1. The molecule has 5 rings (SSSR count). The highest BCUT2D eigenvalue weighted by Crippen LogP contribution is 2.37.